The third-order valence-electron chi connectivity index (χ3n) is 2.30. The lowest BCUT2D eigenvalue weighted by Gasteiger charge is -2.16. The molecule has 0 aromatic heterocycles. The molecule has 0 unspecified atom stereocenters. The maximum Gasteiger partial charge on any atom is 0.130 e. The van der Waals surface area contributed by atoms with Crippen LogP contribution in [0.25, 0.3) is 0 Å². The molecule has 0 amide bonds. The minimum atomic E-state index is -0.0328. The Hall–Kier alpha value is -1.22. The predicted octanol–water partition coefficient (Wildman–Crippen LogP) is 2.03. The lowest BCUT2D eigenvalue weighted by molar-refractivity contribution is 0.383. The quantitative estimate of drug-likeness (QED) is 0.802. The van der Waals surface area contributed by atoms with Crippen molar-refractivity contribution in [2.75, 3.05) is 14.2 Å². The highest BCUT2D eigenvalue weighted by atomic mass is 16.5. The Morgan fingerprint density at radius 1 is 1.21 bits per heavy atom. The third kappa shape index (κ3) is 1.82. The lowest BCUT2D eigenvalue weighted by Crippen LogP contribution is -2.08. The molecule has 2 N–H and O–H groups in total. The second kappa shape index (κ2) is 4.33. The topological polar surface area (TPSA) is 44.5 Å². The summed E-state index contributed by atoms with van der Waals surface area (Å²) in [4.78, 5) is 0. The fraction of sp³-hybridized carbons (Fsp3) is 0.455. The zero-order chi connectivity index (χ0) is 10.7. The van der Waals surface area contributed by atoms with Gasteiger partial charge in [-0.05, 0) is 19.9 Å². The zero-order valence-electron chi connectivity index (χ0n) is 9.13. The number of hydrogen-bond acceptors (Lipinski definition) is 3. The van der Waals surface area contributed by atoms with Gasteiger partial charge in [0.1, 0.15) is 11.5 Å². The first-order chi connectivity index (χ1) is 6.61. The first-order valence-corrected chi connectivity index (χ1v) is 4.58. The minimum absolute atomic E-state index is 0.0328. The normalized spacial score (nSPS) is 12.4. The van der Waals surface area contributed by atoms with Gasteiger partial charge in [0.05, 0.1) is 14.2 Å². The molecule has 1 rings (SSSR count). The highest BCUT2D eigenvalue weighted by molar-refractivity contribution is 5.50. The summed E-state index contributed by atoms with van der Waals surface area (Å²) in [5.74, 6) is 1.64. The molecule has 0 fully saturated rings. The number of methoxy groups -OCH3 is 2. The Morgan fingerprint density at radius 3 is 2.29 bits per heavy atom. The Morgan fingerprint density at radius 2 is 1.86 bits per heavy atom. The maximum atomic E-state index is 5.83. The van der Waals surface area contributed by atoms with Crippen molar-refractivity contribution in [3.63, 3.8) is 0 Å². The summed E-state index contributed by atoms with van der Waals surface area (Å²) in [6.07, 6.45) is 0. The maximum absolute atomic E-state index is 5.83. The van der Waals surface area contributed by atoms with E-state index in [4.69, 9.17) is 15.2 Å². The largest absolute Gasteiger partial charge is 0.496 e. The Balaban J connectivity index is 3.28. The Kier molecular flexibility index (Phi) is 3.36. The van der Waals surface area contributed by atoms with E-state index in [2.05, 4.69) is 0 Å². The lowest BCUT2D eigenvalue weighted by atomic mass is 10.0. The van der Waals surface area contributed by atoms with E-state index < -0.39 is 0 Å². The van der Waals surface area contributed by atoms with Gasteiger partial charge in [0.25, 0.3) is 0 Å². The number of ether oxygens (including phenoxy) is 2. The standard InChI is InChI=1S/C11H17NO2/c1-7-10(13-3)6-5-9(8(2)12)11(7)14-4/h5-6,8H,12H2,1-4H3/t8-/m0/s1. The molecule has 78 valence electrons. The van der Waals surface area contributed by atoms with Gasteiger partial charge in [-0.3, -0.25) is 0 Å². The fourth-order valence-electron chi connectivity index (χ4n) is 1.55. The van der Waals surface area contributed by atoms with Crippen LogP contribution in [-0.2, 0) is 0 Å². The molecule has 0 aliphatic rings. The van der Waals surface area contributed by atoms with E-state index >= 15 is 0 Å². The molecular weight excluding hydrogens is 178 g/mol. The van der Waals surface area contributed by atoms with Gasteiger partial charge in [-0.25, -0.2) is 0 Å². The summed E-state index contributed by atoms with van der Waals surface area (Å²) >= 11 is 0. The van der Waals surface area contributed by atoms with E-state index in [1.165, 1.54) is 0 Å². The van der Waals surface area contributed by atoms with Crippen LogP contribution in [0.4, 0.5) is 0 Å². The van der Waals surface area contributed by atoms with Gasteiger partial charge in [-0.15, -0.1) is 0 Å². The van der Waals surface area contributed by atoms with E-state index in [9.17, 15) is 0 Å². The highest BCUT2D eigenvalue weighted by Crippen LogP contribution is 2.33. The molecule has 0 aliphatic carbocycles. The van der Waals surface area contributed by atoms with Crippen LogP contribution < -0.4 is 15.2 Å². The van der Waals surface area contributed by atoms with Crippen LogP contribution in [0.15, 0.2) is 12.1 Å². The smallest absolute Gasteiger partial charge is 0.130 e. The van der Waals surface area contributed by atoms with Gasteiger partial charge in [-0.1, -0.05) is 6.07 Å². The summed E-state index contributed by atoms with van der Waals surface area (Å²) in [6, 6.07) is 3.82. The summed E-state index contributed by atoms with van der Waals surface area (Å²) < 4.78 is 10.5. The van der Waals surface area contributed by atoms with Crippen LogP contribution in [0.2, 0.25) is 0 Å². The van der Waals surface area contributed by atoms with Gasteiger partial charge >= 0.3 is 0 Å². The second-order valence-electron chi connectivity index (χ2n) is 3.30. The van der Waals surface area contributed by atoms with E-state index in [1.54, 1.807) is 14.2 Å². The fourth-order valence-corrected chi connectivity index (χ4v) is 1.55. The van der Waals surface area contributed by atoms with Crippen molar-refractivity contribution in [3.05, 3.63) is 23.3 Å². The second-order valence-corrected chi connectivity index (χ2v) is 3.30. The van der Waals surface area contributed by atoms with Crippen molar-refractivity contribution in [1.29, 1.82) is 0 Å². The van der Waals surface area contributed by atoms with Crippen LogP contribution in [0.1, 0.15) is 24.1 Å². The molecule has 0 bridgehead atoms. The summed E-state index contributed by atoms with van der Waals surface area (Å²) in [7, 11) is 3.29. The number of rotatable bonds is 3. The minimum Gasteiger partial charge on any atom is -0.496 e. The molecule has 0 saturated carbocycles. The summed E-state index contributed by atoms with van der Waals surface area (Å²) in [5, 5.41) is 0. The third-order valence-corrected chi connectivity index (χ3v) is 2.30. The van der Waals surface area contributed by atoms with Gasteiger partial charge in [0, 0.05) is 17.2 Å². The Labute approximate surface area is 84.8 Å². The molecule has 14 heavy (non-hydrogen) atoms. The molecule has 3 heteroatoms. The van der Waals surface area contributed by atoms with Crippen LogP contribution >= 0.6 is 0 Å². The zero-order valence-corrected chi connectivity index (χ0v) is 9.13. The van der Waals surface area contributed by atoms with E-state index in [-0.39, 0.29) is 6.04 Å². The molecule has 0 radical (unpaired) electrons. The highest BCUT2D eigenvalue weighted by Gasteiger charge is 2.13. The van der Waals surface area contributed by atoms with Crippen molar-refractivity contribution >= 4 is 0 Å². The molecular formula is C11H17NO2. The van der Waals surface area contributed by atoms with Crippen molar-refractivity contribution in [3.8, 4) is 11.5 Å². The average molecular weight is 195 g/mol. The van der Waals surface area contributed by atoms with Crippen molar-refractivity contribution in [1.82, 2.24) is 0 Å². The molecule has 1 atom stereocenters. The van der Waals surface area contributed by atoms with Crippen LogP contribution in [0.5, 0.6) is 11.5 Å². The van der Waals surface area contributed by atoms with Crippen LogP contribution in [0.3, 0.4) is 0 Å². The summed E-state index contributed by atoms with van der Waals surface area (Å²) in [5.41, 5.74) is 7.83. The molecule has 0 heterocycles. The average Bonchev–Trinajstić information content (AvgIpc) is 2.17. The molecule has 1 aromatic carbocycles. The molecule has 0 saturated heterocycles. The number of benzene rings is 1. The van der Waals surface area contributed by atoms with Crippen molar-refractivity contribution < 1.29 is 9.47 Å². The van der Waals surface area contributed by atoms with Crippen LogP contribution in [-0.4, -0.2) is 14.2 Å². The van der Waals surface area contributed by atoms with Gasteiger partial charge < -0.3 is 15.2 Å². The monoisotopic (exact) mass is 195 g/mol. The SMILES string of the molecule is COc1ccc([C@H](C)N)c(OC)c1C. The number of hydrogen-bond donors (Lipinski definition) is 1. The van der Waals surface area contributed by atoms with E-state index in [0.29, 0.717) is 0 Å². The Bertz CT molecular complexity index is 321. The first kappa shape index (κ1) is 10.9. The predicted molar refractivity (Wildman–Crippen MR) is 56.9 cm³/mol. The molecule has 3 nitrogen and oxygen atoms in total. The van der Waals surface area contributed by atoms with Crippen molar-refractivity contribution in [2.24, 2.45) is 5.73 Å². The first-order valence-electron chi connectivity index (χ1n) is 4.58. The number of nitrogens with two attached hydrogens (primary N) is 1. The van der Waals surface area contributed by atoms with Crippen LogP contribution in [0, 0.1) is 6.92 Å². The van der Waals surface area contributed by atoms with E-state index in [1.807, 2.05) is 26.0 Å². The van der Waals surface area contributed by atoms with Gasteiger partial charge in [0.15, 0.2) is 0 Å². The van der Waals surface area contributed by atoms with Crippen molar-refractivity contribution in [2.45, 2.75) is 19.9 Å². The molecule has 1 aromatic rings. The van der Waals surface area contributed by atoms with Gasteiger partial charge in [0.2, 0.25) is 0 Å². The molecule has 0 spiro atoms. The summed E-state index contributed by atoms with van der Waals surface area (Å²) in [6.45, 7) is 3.90. The van der Waals surface area contributed by atoms with E-state index in [0.717, 1.165) is 22.6 Å². The van der Waals surface area contributed by atoms with Gasteiger partial charge in [-0.2, -0.15) is 0 Å². The molecule has 0 aliphatic heterocycles.